The Kier molecular flexibility index (Phi) is 3.68. The summed E-state index contributed by atoms with van der Waals surface area (Å²) in [6, 6.07) is 11.7. The Bertz CT molecular complexity index is 640. The molecule has 0 saturated heterocycles. The summed E-state index contributed by atoms with van der Waals surface area (Å²) in [5.74, 6) is 1.36. The Hall–Kier alpha value is -1.52. The van der Waals surface area contributed by atoms with Gasteiger partial charge in [0.1, 0.15) is 6.10 Å². The van der Waals surface area contributed by atoms with Crippen LogP contribution in [0.15, 0.2) is 40.9 Å². The van der Waals surface area contributed by atoms with Gasteiger partial charge in [0.25, 0.3) is 0 Å². The quantitative estimate of drug-likeness (QED) is 0.927. The maximum absolute atomic E-state index is 10.6. The van der Waals surface area contributed by atoms with Gasteiger partial charge in [0.2, 0.25) is 6.79 Å². The first-order valence-electron chi connectivity index (χ1n) is 6.55. The van der Waals surface area contributed by atoms with Crippen LogP contribution in [-0.4, -0.2) is 11.9 Å². The van der Waals surface area contributed by atoms with E-state index in [0.29, 0.717) is 11.5 Å². The van der Waals surface area contributed by atoms with Gasteiger partial charge in [-0.25, -0.2) is 0 Å². The van der Waals surface area contributed by atoms with Crippen molar-refractivity contribution in [1.29, 1.82) is 0 Å². The molecule has 0 aliphatic carbocycles. The third-order valence-corrected chi connectivity index (χ3v) is 4.03. The van der Waals surface area contributed by atoms with E-state index in [1.54, 1.807) is 0 Å². The molecule has 20 heavy (non-hydrogen) atoms. The zero-order valence-electron chi connectivity index (χ0n) is 11.1. The fourth-order valence-corrected chi connectivity index (χ4v) is 2.89. The van der Waals surface area contributed by atoms with Gasteiger partial charge in [0.15, 0.2) is 11.5 Å². The minimum atomic E-state index is -0.674. The van der Waals surface area contributed by atoms with Crippen molar-refractivity contribution in [2.24, 2.45) is 0 Å². The first-order chi connectivity index (χ1) is 9.69. The van der Waals surface area contributed by atoms with Crippen molar-refractivity contribution in [3.8, 4) is 11.5 Å². The number of halogens is 1. The monoisotopic (exact) mass is 334 g/mol. The average Bonchev–Trinajstić information content (AvgIpc) is 2.95. The lowest BCUT2D eigenvalue weighted by molar-refractivity contribution is 0.173. The van der Waals surface area contributed by atoms with E-state index in [1.165, 1.54) is 5.56 Å². The molecule has 0 radical (unpaired) electrons. The number of aliphatic hydroxyl groups excluding tert-OH is 1. The van der Waals surface area contributed by atoms with Crippen LogP contribution in [0.5, 0.6) is 11.5 Å². The molecule has 2 aromatic carbocycles. The molecule has 0 aromatic heterocycles. The molecule has 3 nitrogen and oxygen atoms in total. The number of ether oxygens (including phenoxy) is 2. The third kappa shape index (κ3) is 2.41. The largest absolute Gasteiger partial charge is 0.454 e. The van der Waals surface area contributed by atoms with Crippen molar-refractivity contribution in [2.75, 3.05) is 6.79 Å². The lowest BCUT2D eigenvalue weighted by atomic mass is 9.99. The van der Waals surface area contributed by atoms with E-state index in [9.17, 15) is 5.11 Å². The molecule has 0 saturated carbocycles. The van der Waals surface area contributed by atoms with Crippen LogP contribution in [-0.2, 0) is 6.42 Å². The molecule has 2 aromatic rings. The van der Waals surface area contributed by atoms with E-state index < -0.39 is 6.10 Å². The van der Waals surface area contributed by atoms with Crippen molar-refractivity contribution in [2.45, 2.75) is 19.4 Å². The molecule has 0 fully saturated rings. The second-order valence-electron chi connectivity index (χ2n) is 4.74. The third-order valence-electron chi connectivity index (χ3n) is 3.44. The van der Waals surface area contributed by atoms with Crippen LogP contribution in [0.1, 0.15) is 29.7 Å². The van der Waals surface area contributed by atoms with Crippen molar-refractivity contribution in [3.63, 3.8) is 0 Å². The van der Waals surface area contributed by atoms with Crippen molar-refractivity contribution in [1.82, 2.24) is 0 Å². The highest BCUT2D eigenvalue weighted by Crippen LogP contribution is 2.42. The summed E-state index contributed by atoms with van der Waals surface area (Å²) in [5, 5.41) is 10.6. The predicted octanol–water partition coefficient (Wildman–Crippen LogP) is 3.82. The van der Waals surface area contributed by atoms with Crippen molar-refractivity contribution < 1.29 is 14.6 Å². The minimum Gasteiger partial charge on any atom is -0.454 e. The Labute approximate surface area is 126 Å². The molecule has 104 valence electrons. The van der Waals surface area contributed by atoms with E-state index in [4.69, 9.17) is 9.47 Å². The molecule has 0 amide bonds. The molecule has 0 bridgehead atoms. The number of fused-ring (bicyclic) bond motifs is 1. The highest BCUT2D eigenvalue weighted by Gasteiger charge is 2.21. The Morgan fingerprint density at radius 1 is 1.20 bits per heavy atom. The average molecular weight is 335 g/mol. The summed E-state index contributed by atoms with van der Waals surface area (Å²) < 4.78 is 11.5. The Morgan fingerprint density at radius 3 is 2.85 bits per heavy atom. The van der Waals surface area contributed by atoms with Crippen LogP contribution in [0.25, 0.3) is 0 Å². The van der Waals surface area contributed by atoms with Crippen LogP contribution in [0.2, 0.25) is 0 Å². The highest BCUT2D eigenvalue weighted by molar-refractivity contribution is 9.10. The van der Waals surface area contributed by atoms with Crippen LogP contribution >= 0.6 is 15.9 Å². The first-order valence-corrected chi connectivity index (χ1v) is 7.34. The summed E-state index contributed by atoms with van der Waals surface area (Å²) in [6.45, 7) is 2.32. The Morgan fingerprint density at radius 2 is 2.05 bits per heavy atom. The lowest BCUT2D eigenvalue weighted by Gasteiger charge is -2.14. The molecule has 1 N–H and O–H groups in total. The van der Waals surface area contributed by atoms with Crippen LogP contribution in [0.3, 0.4) is 0 Å². The standard InChI is InChI=1S/C16H15BrO3/c1-2-10-4-3-5-11(6-10)15(18)12-7-13(17)16-14(8-12)19-9-20-16/h3-8,15,18H,2,9H2,1H3. The predicted molar refractivity (Wildman–Crippen MR) is 80.1 cm³/mol. The van der Waals surface area contributed by atoms with E-state index in [2.05, 4.69) is 28.9 Å². The number of aryl methyl sites for hydroxylation is 1. The highest BCUT2D eigenvalue weighted by atomic mass is 79.9. The number of hydrogen-bond acceptors (Lipinski definition) is 3. The molecule has 3 rings (SSSR count). The molecule has 1 aliphatic rings. The summed E-state index contributed by atoms with van der Waals surface area (Å²) >= 11 is 3.45. The van der Waals surface area contributed by atoms with Gasteiger partial charge in [0.05, 0.1) is 4.47 Å². The van der Waals surface area contributed by atoms with E-state index in [-0.39, 0.29) is 6.79 Å². The van der Waals surface area contributed by atoms with E-state index in [1.807, 2.05) is 30.3 Å². The Balaban J connectivity index is 1.98. The fourth-order valence-electron chi connectivity index (χ4n) is 2.32. The number of hydrogen-bond donors (Lipinski definition) is 1. The summed E-state index contributed by atoms with van der Waals surface area (Å²) in [4.78, 5) is 0. The van der Waals surface area contributed by atoms with E-state index >= 15 is 0 Å². The number of benzene rings is 2. The van der Waals surface area contributed by atoms with Gasteiger partial charge in [0, 0.05) is 0 Å². The van der Waals surface area contributed by atoms with Crippen LogP contribution < -0.4 is 9.47 Å². The summed E-state index contributed by atoms with van der Waals surface area (Å²) in [7, 11) is 0. The molecule has 4 heteroatoms. The van der Waals surface area contributed by atoms with Gasteiger partial charge >= 0.3 is 0 Å². The zero-order valence-corrected chi connectivity index (χ0v) is 12.7. The van der Waals surface area contributed by atoms with Crippen molar-refractivity contribution in [3.05, 3.63) is 57.6 Å². The van der Waals surface area contributed by atoms with Gasteiger partial charge in [-0.2, -0.15) is 0 Å². The van der Waals surface area contributed by atoms with E-state index in [0.717, 1.165) is 22.0 Å². The van der Waals surface area contributed by atoms with Gasteiger partial charge in [-0.3, -0.25) is 0 Å². The summed E-state index contributed by atoms with van der Waals surface area (Å²) in [5.41, 5.74) is 2.88. The smallest absolute Gasteiger partial charge is 0.231 e. The van der Waals surface area contributed by atoms with Gasteiger partial charge in [-0.1, -0.05) is 31.2 Å². The molecular weight excluding hydrogens is 320 g/mol. The zero-order chi connectivity index (χ0) is 14.1. The fraction of sp³-hybridized carbons (Fsp3) is 0.250. The molecule has 1 unspecified atom stereocenters. The second kappa shape index (κ2) is 5.46. The molecule has 1 aliphatic heterocycles. The lowest BCUT2D eigenvalue weighted by Crippen LogP contribution is -2.00. The normalized spacial score (nSPS) is 14.3. The minimum absolute atomic E-state index is 0.221. The van der Waals surface area contributed by atoms with Crippen LogP contribution in [0.4, 0.5) is 0 Å². The maximum Gasteiger partial charge on any atom is 0.231 e. The van der Waals surface area contributed by atoms with Crippen molar-refractivity contribution >= 4 is 15.9 Å². The molecule has 0 spiro atoms. The van der Waals surface area contributed by atoms with Gasteiger partial charge in [-0.15, -0.1) is 0 Å². The first kappa shape index (κ1) is 13.5. The van der Waals surface area contributed by atoms with Crippen LogP contribution in [0, 0.1) is 0 Å². The van der Waals surface area contributed by atoms with Gasteiger partial charge in [-0.05, 0) is 51.2 Å². The maximum atomic E-state index is 10.6. The molecule has 1 atom stereocenters. The summed E-state index contributed by atoms with van der Waals surface area (Å²) in [6.07, 6.45) is 0.276. The molecular formula is C16H15BrO3. The number of rotatable bonds is 3. The molecule has 1 heterocycles. The van der Waals surface area contributed by atoms with Gasteiger partial charge < -0.3 is 14.6 Å². The SMILES string of the molecule is CCc1cccc(C(O)c2cc(Br)c3c(c2)OCO3)c1. The second-order valence-corrected chi connectivity index (χ2v) is 5.59. The topological polar surface area (TPSA) is 38.7 Å². The number of aliphatic hydroxyl groups is 1.